The van der Waals surface area contributed by atoms with Gasteiger partial charge in [0.25, 0.3) is 5.91 Å². The molecule has 3 amide bonds. The summed E-state index contributed by atoms with van der Waals surface area (Å²) in [5.74, 6) is -0.813. The van der Waals surface area contributed by atoms with Crippen LogP contribution in [0, 0.1) is 6.92 Å². The van der Waals surface area contributed by atoms with Gasteiger partial charge >= 0.3 is 6.09 Å². The highest BCUT2D eigenvalue weighted by Gasteiger charge is 2.19. The fraction of sp³-hybridized carbons (Fsp3) is 0.400. The van der Waals surface area contributed by atoms with Gasteiger partial charge in [0.15, 0.2) is 0 Å². The Labute approximate surface area is 124 Å². The van der Waals surface area contributed by atoms with Crippen LogP contribution in [0.4, 0.5) is 4.79 Å². The van der Waals surface area contributed by atoms with Crippen LogP contribution in [0.25, 0.3) is 0 Å². The van der Waals surface area contributed by atoms with Gasteiger partial charge in [-0.05, 0) is 32.4 Å². The van der Waals surface area contributed by atoms with Crippen molar-refractivity contribution >= 4 is 17.9 Å². The average Bonchev–Trinajstić information content (AvgIpc) is 2.44. The third kappa shape index (κ3) is 4.91. The second-order valence-electron chi connectivity index (χ2n) is 4.40. The fourth-order valence-electron chi connectivity index (χ4n) is 1.80. The van der Waals surface area contributed by atoms with Crippen LogP contribution in [0.1, 0.15) is 29.8 Å². The molecular weight excluding hydrogens is 272 g/mol. The second kappa shape index (κ2) is 8.04. The Kier molecular flexibility index (Phi) is 6.39. The molecule has 0 bridgehead atoms. The number of hydrogen-bond acceptors (Lipinski definition) is 4. The third-order valence-electron chi connectivity index (χ3n) is 2.90. The summed E-state index contributed by atoms with van der Waals surface area (Å²) < 4.78 is 4.62. The normalized spacial score (nSPS) is 9.86. The number of rotatable bonds is 5. The monoisotopic (exact) mass is 292 g/mol. The van der Waals surface area contributed by atoms with E-state index in [1.54, 1.807) is 26.0 Å². The Hall–Kier alpha value is -2.37. The topological polar surface area (TPSA) is 75.7 Å². The number of nitrogens with one attached hydrogen (secondary N) is 1. The van der Waals surface area contributed by atoms with Gasteiger partial charge in [0, 0.05) is 12.1 Å². The molecule has 0 aliphatic rings. The molecule has 6 nitrogen and oxygen atoms in total. The zero-order valence-corrected chi connectivity index (χ0v) is 12.5. The van der Waals surface area contributed by atoms with Gasteiger partial charge in [0.05, 0.1) is 6.61 Å². The van der Waals surface area contributed by atoms with E-state index in [1.807, 2.05) is 19.1 Å². The van der Waals surface area contributed by atoms with E-state index in [0.717, 1.165) is 5.56 Å². The van der Waals surface area contributed by atoms with Crippen molar-refractivity contribution in [1.29, 1.82) is 0 Å². The molecule has 1 rings (SSSR count). The van der Waals surface area contributed by atoms with Gasteiger partial charge in [-0.1, -0.05) is 18.2 Å². The van der Waals surface area contributed by atoms with Crippen molar-refractivity contribution in [3.05, 3.63) is 35.4 Å². The van der Waals surface area contributed by atoms with E-state index in [9.17, 15) is 14.4 Å². The lowest BCUT2D eigenvalue weighted by Gasteiger charge is -2.21. The van der Waals surface area contributed by atoms with Crippen LogP contribution in [0.2, 0.25) is 0 Å². The van der Waals surface area contributed by atoms with Crippen molar-refractivity contribution in [2.45, 2.75) is 20.8 Å². The van der Waals surface area contributed by atoms with Crippen molar-refractivity contribution in [2.75, 3.05) is 19.7 Å². The quantitative estimate of drug-likeness (QED) is 0.896. The van der Waals surface area contributed by atoms with Crippen LogP contribution in [0.3, 0.4) is 0 Å². The summed E-state index contributed by atoms with van der Waals surface area (Å²) in [5, 5.41) is 2.07. The van der Waals surface area contributed by atoms with Gasteiger partial charge in [-0.3, -0.25) is 14.9 Å². The predicted octanol–water partition coefficient (Wildman–Crippen LogP) is 1.73. The summed E-state index contributed by atoms with van der Waals surface area (Å²) in [6.07, 6.45) is -0.804. The molecule has 6 heteroatoms. The summed E-state index contributed by atoms with van der Waals surface area (Å²) in [5.41, 5.74) is 1.38. The summed E-state index contributed by atoms with van der Waals surface area (Å²) in [6.45, 7) is 5.60. The minimum absolute atomic E-state index is 0.179. The highest BCUT2D eigenvalue weighted by Crippen LogP contribution is 2.10. The molecule has 0 saturated heterocycles. The van der Waals surface area contributed by atoms with Gasteiger partial charge in [0.2, 0.25) is 5.91 Å². The van der Waals surface area contributed by atoms with Gasteiger partial charge < -0.3 is 9.64 Å². The summed E-state index contributed by atoms with van der Waals surface area (Å²) in [4.78, 5) is 36.6. The lowest BCUT2D eigenvalue weighted by molar-refractivity contribution is -0.121. The Morgan fingerprint density at radius 3 is 2.43 bits per heavy atom. The van der Waals surface area contributed by atoms with Gasteiger partial charge in [0.1, 0.15) is 6.54 Å². The number of ether oxygens (including phenoxy) is 1. The first-order chi connectivity index (χ1) is 9.99. The van der Waals surface area contributed by atoms with E-state index in [0.29, 0.717) is 12.1 Å². The summed E-state index contributed by atoms with van der Waals surface area (Å²) in [6, 6.07) is 7.16. The van der Waals surface area contributed by atoms with E-state index in [2.05, 4.69) is 10.1 Å². The highest BCUT2D eigenvalue weighted by molar-refractivity contribution is 5.99. The van der Waals surface area contributed by atoms with Crippen molar-refractivity contribution in [2.24, 2.45) is 0 Å². The van der Waals surface area contributed by atoms with Crippen molar-refractivity contribution in [3.63, 3.8) is 0 Å². The maximum atomic E-state index is 12.4. The van der Waals surface area contributed by atoms with E-state index in [1.165, 1.54) is 4.90 Å². The zero-order valence-electron chi connectivity index (χ0n) is 12.5. The third-order valence-corrected chi connectivity index (χ3v) is 2.90. The van der Waals surface area contributed by atoms with Crippen LogP contribution in [0.5, 0.6) is 0 Å². The van der Waals surface area contributed by atoms with Crippen LogP contribution in [-0.2, 0) is 9.53 Å². The number of imide groups is 1. The van der Waals surface area contributed by atoms with E-state index >= 15 is 0 Å². The molecule has 114 valence electrons. The minimum atomic E-state index is -0.804. The molecule has 0 heterocycles. The first-order valence-electron chi connectivity index (χ1n) is 6.81. The van der Waals surface area contributed by atoms with Crippen LogP contribution < -0.4 is 5.32 Å². The van der Waals surface area contributed by atoms with Crippen LogP contribution >= 0.6 is 0 Å². The largest absolute Gasteiger partial charge is 0.450 e. The molecular formula is C15H20N2O4. The molecule has 0 aromatic heterocycles. The molecule has 0 aliphatic carbocycles. The SMILES string of the molecule is CCOC(=O)NC(=O)CN(CC)C(=O)c1ccccc1C. The number of amides is 3. The van der Waals surface area contributed by atoms with Crippen molar-refractivity contribution < 1.29 is 19.1 Å². The van der Waals surface area contributed by atoms with E-state index < -0.39 is 12.0 Å². The van der Waals surface area contributed by atoms with Crippen molar-refractivity contribution in [3.8, 4) is 0 Å². The second-order valence-corrected chi connectivity index (χ2v) is 4.40. The Morgan fingerprint density at radius 2 is 1.86 bits per heavy atom. The lowest BCUT2D eigenvalue weighted by atomic mass is 10.1. The Balaban J connectivity index is 2.71. The number of carbonyl (C=O) groups is 3. The maximum absolute atomic E-state index is 12.4. The maximum Gasteiger partial charge on any atom is 0.413 e. The predicted molar refractivity (Wildman–Crippen MR) is 77.9 cm³/mol. The standard InChI is InChI=1S/C15H20N2O4/c1-4-17(10-13(18)16-15(20)21-5-2)14(19)12-9-7-6-8-11(12)3/h6-9H,4-5,10H2,1-3H3,(H,16,18,20). The summed E-state index contributed by atoms with van der Waals surface area (Å²) >= 11 is 0. The molecule has 1 N–H and O–H groups in total. The molecule has 0 unspecified atom stereocenters. The van der Waals surface area contributed by atoms with E-state index in [4.69, 9.17) is 0 Å². The van der Waals surface area contributed by atoms with Gasteiger partial charge in [-0.25, -0.2) is 4.79 Å². The average molecular weight is 292 g/mol. The number of nitrogens with zero attached hydrogens (tertiary/aromatic N) is 1. The number of benzene rings is 1. The fourth-order valence-corrected chi connectivity index (χ4v) is 1.80. The molecule has 1 aromatic carbocycles. The number of carbonyl (C=O) groups excluding carboxylic acids is 3. The molecule has 0 radical (unpaired) electrons. The smallest absolute Gasteiger partial charge is 0.413 e. The molecule has 0 spiro atoms. The van der Waals surface area contributed by atoms with Gasteiger partial charge in [-0.2, -0.15) is 0 Å². The Bertz CT molecular complexity index is 528. The molecule has 0 saturated carbocycles. The Morgan fingerprint density at radius 1 is 1.19 bits per heavy atom. The molecule has 0 fully saturated rings. The number of aryl methyl sites for hydroxylation is 1. The number of alkyl carbamates (subject to hydrolysis) is 1. The van der Waals surface area contributed by atoms with Crippen LogP contribution in [0.15, 0.2) is 24.3 Å². The molecule has 0 atom stereocenters. The number of likely N-dealkylation sites (N-methyl/N-ethyl adjacent to an activating group) is 1. The lowest BCUT2D eigenvalue weighted by Crippen LogP contribution is -2.42. The van der Waals surface area contributed by atoms with Gasteiger partial charge in [-0.15, -0.1) is 0 Å². The molecule has 0 aliphatic heterocycles. The van der Waals surface area contributed by atoms with Crippen molar-refractivity contribution in [1.82, 2.24) is 10.2 Å². The first kappa shape index (κ1) is 16.7. The minimum Gasteiger partial charge on any atom is -0.450 e. The first-order valence-corrected chi connectivity index (χ1v) is 6.81. The zero-order chi connectivity index (χ0) is 15.8. The molecule has 21 heavy (non-hydrogen) atoms. The highest BCUT2D eigenvalue weighted by atomic mass is 16.5. The molecule has 1 aromatic rings. The van der Waals surface area contributed by atoms with Crippen LogP contribution in [-0.4, -0.2) is 42.5 Å². The summed E-state index contributed by atoms with van der Waals surface area (Å²) in [7, 11) is 0. The number of hydrogen-bond donors (Lipinski definition) is 1. The van der Waals surface area contributed by atoms with E-state index in [-0.39, 0.29) is 19.1 Å².